The van der Waals surface area contributed by atoms with Crippen molar-refractivity contribution in [1.29, 1.82) is 0 Å². The molecule has 0 N–H and O–H groups in total. The van der Waals surface area contributed by atoms with Crippen molar-refractivity contribution in [1.82, 2.24) is 0 Å². The summed E-state index contributed by atoms with van der Waals surface area (Å²) in [6.07, 6.45) is 5.65. The minimum absolute atomic E-state index is 1.38. The third-order valence-electron chi connectivity index (χ3n) is 1.12. The second-order valence-corrected chi connectivity index (χ2v) is 5.58. The van der Waals surface area contributed by atoms with Crippen molar-refractivity contribution >= 4 is 45.0 Å². The van der Waals surface area contributed by atoms with Crippen molar-refractivity contribution < 1.29 is 0 Å². The average molecular weight is 354 g/mol. The SMILES string of the molecule is CCC[CH2][SnH].CCC[CH2][SnH]. The van der Waals surface area contributed by atoms with Crippen LogP contribution >= 0.6 is 0 Å². The fourth-order valence-corrected chi connectivity index (χ4v) is 2.74. The zero-order chi connectivity index (χ0) is 8.24. The summed E-state index contributed by atoms with van der Waals surface area (Å²) in [5.41, 5.74) is 0. The molecular formula is C8H20Sn2. The fraction of sp³-hybridized carbons (Fsp3) is 1.00. The number of unbranched alkanes of at least 4 members (excludes halogenated alkanes) is 2. The molecule has 0 nitrogen and oxygen atoms in total. The normalized spacial score (nSPS) is 8.40. The van der Waals surface area contributed by atoms with Crippen molar-refractivity contribution in [2.45, 2.75) is 48.4 Å². The first kappa shape index (κ1) is 14.1. The molecule has 10 heavy (non-hydrogen) atoms. The third kappa shape index (κ3) is 22.6. The van der Waals surface area contributed by atoms with Crippen molar-refractivity contribution in [2.24, 2.45) is 0 Å². The van der Waals surface area contributed by atoms with E-state index in [1.165, 1.54) is 79.6 Å². The first-order chi connectivity index (χ1) is 4.83. The molecule has 0 aliphatic carbocycles. The molecule has 0 aromatic carbocycles. The van der Waals surface area contributed by atoms with E-state index in [1.807, 2.05) is 0 Å². The van der Waals surface area contributed by atoms with E-state index in [0.29, 0.717) is 0 Å². The Morgan fingerprint density at radius 3 is 1.10 bits per heavy atom. The summed E-state index contributed by atoms with van der Waals surface area (Å²) in [5, 5.41) is 0. The third-order valence-corrected chi connectivity index (χ3v) is 3.45. The summed E-state index contributed by atoms with van der Waals surface area (Å²) in [4.78, 5) is 0. The first-order valence-electron chi connectivity index (χ1n) is 4.23. The van der Waals surface area contributed by atoms with Gasteiger partial charge in [-0.25, -0.2) is 0 Å². The van der Waals surface area contributed by atoms with Gasteiger partial charge in [0.05, 0.1) is 0 Å². The van der Waals surface area contributed by atoms with Gasteiger partial charge in [-0.2, -0.15) is 0 Å². The second kappa shape index (κ2) is 16.9. The Balaban J connectivity index is 0. The maximum absolute atomic E-state index is 2.23. The Kier molecular flexibility index (Phi) is 23.9. The summed E-state index contributed by atoms with van der Waals surface area (Å²) in [7, 11) is 0. The quantitative estimate of drug-likeness (QED) is 0.680. The van der Waals surface area contributed by atoms with Crippen molar-refractivity contribution in [3.63, 3.8) is 0 Å². The Labute approximate surface area is 92.7 Å². The van der Waals surface area contributed by atoms with Crippen LogP contribution in [0.2, 0.25) is 8.87 Å². The molecule has 0 spiro atoms. The van der Waals surface area contributed by atoms with Crippen LogP contribution in [0.15, 0.2) is 0 Å². The topological polar surface area (TPSA) is 0 Å². The van der Waals surface area contributed by atoms with Crippen LogP contribution in [0.25, 0.3) is 0 Å². The molecule has 4 radical (unpaired) electrons. The monoisotopic (exact) mass is 356 g/mol. The van der Waals surface area contributed by atoms with E-state index in [1.54, 1.807) is 0 Å². The summed E-state index contributed by atoms with van der Waals surface area (Å²) in [5.74, 6) is 0. The van der Waals surface area contributed by atoms with E-state index in [2.05, 4.69) is 13.8 Å². The molecular weight excluding hydrogens is 334 g/mol. The van der Waals surface area contributed by atoms with Crippen LogP contribution in [0.3, 0.4) is 0 Å². The van der Waals surface area contributed by atoms with E-state index in [9.17, 15) is 0 Å². The summed E-state index contributed by atoms with van der Waals surface area (Å²) >= 11 is 2.90. The molecule has 0 aromatic rings. The number of rotatable bonds is 4. The molecule has 0 bridgehead atoms. The first-order valence-corrected chi connectivity index (χ1v) is 8.89. The number of hydrogen-bond donors (Lipinski definition) is 0. The zero-order valence-electron chi connectivity index (χ0n) is 7.40. The predicted octanol–water partition coefficient (Wildman–Crippen LogP) is 2.21. The minimum atomic E-state index is 1.38. The Morgan fingerprint density at radius 2 is 1.10 bits per heavy atom. The van der Waals surface area contributed by atoms with Gasteiger partial charge in [-0.15, -0.1) is 0 Å². The van der Waals surface area contributed by atoms with Crippen LogP contribution in [0, 0.1) is 0 Å². The molecule has 0 fully saturated rings. The van der Waals surface area contributed by atoms with Gasteiger partial charge < -0.3 is 0 Å². The van der Waals surface area contributed by atoms with Gasteiger partial charge in [0.25, 0.3) is 0 Å². The van der Waals surface area contributed by atoms with Gasteiger partial charge >= 0.3 is 93.5 Å². The van der Waals surface area contributed by atoms with Crippen LogP contribution in [0.5, 0.6) is 0 Å². The molecule has 0 rings (SSSR count). The molecule has 0 aliphatic heterocycles. The van der Waals surface area contributed by atoms with E-state index < -0.39 is 0 Å². The summed E-state index contributed by atoms with van der Waals surface area (Å²) in [6.45, 7) is 4.47. The van der Waals surface area contributed by atoms with Gasteiger partial charge in [0.1, 0.15) is 0 Å². The zero-order valence-corrected chi connectivity index (χ0v) is 14.0. The molecule has 0 aromatic heterocycles. The Bertz CT molecular complexity index is 28.2. The summed E-state index contributed by atoms with van der Waals surface area (Å²) in [6, 6.07) is 0. The maximum atomic E-state index is 2.23. The average Bonchev–Trinajstić information content (AvgIpc) is 1.93. The molecule has 0 saturated carbocycles. The summed E-state index contributed by atoms with van der Waals surface area (Å²) < 4.78 is 2.95. The molecule has 0 unspecified atom stereocenters. The van der Waals surface area contributed by atoms with Crippen molar-refractivity contribution in [3.8, 4) is 0 Å². The second-order valence-electron chi connectivity index (χ2n) is 2.28. The molecule has 60 valence electrons. The van der Waals surface area contributed by atoms with E-state index >= 15 is 0 Å². The van der Waals surface area contributed by atoms with Crippen molar-refractivity contribution in [2.75, 3.05) is 0 Å². The molecule has 0 atom stereocenters. The van der Waals surface area contributed by atoms with Crippen molar-refractivity contribution in [3.05, 3.63) is 0 Å². The van der Waals surface area contributed by atoms with Crippen LogP contribution in [0.4, 0.5) is 0 Å². The van der Waals surface area contributed by atoms with Gasteiger partial charge in [-0.1, -0.05) is 0 Å². The molecule has 0 saturated heterocycles. The molecule has 0 aliphatic rings. The van der Waals surface area contributed by atoms with Gasteiger partial charge in [0.2, 0.25) is 0 Å². The van der Waals surface area contributed by atoms with Gasteiger partial charge in [-0.3, -0.25) is 0 Å². The number of hydrogen-bond acceptors (Lipinski definition) is 0. The van der Waals surface area contributed by atoms with Gasteiger partial charge in [0, 0.05) is 0 Å². The van der Waals surface area contributed by atoms with E-state index in [4.69, 9.17) is 0 Å². The molecule has 0 amide bonds. The predicted molar refractivity (Wildman–Crippen MR) is 53.7 cm³/mol. The Morgan fingerprint density at radius 1 is 0.800 bits per heavy atom. The molecule has 0 heterocycles. The van der Waals surface area contributed by atoms with E-state index in [0.717, 1.165) is 0 Å². The Hall–Kier alpha value is 1.60. The fourth-order valence-electron chi connectivity index (χ4n) is 0.408. The van der Waals surface area contributed by atoms with Crippen LogP contribution < -0.4 is 0 Å². The van der Waals surface area contributed by atoms with Gasteiger partial charge in [0.15, 0.2) is 0 Å². The van der Waals surface area contributed by atoms with Crippen LogP contribution in [0.1, 0.15) is 39.5 Å². The van der Waals surface area contributed by atoms with E-state index in [-0.39, 0.29) is 0 Å². The standard InChI is InChI=1S/2C4H9.2Sn.2H/c2*1-3-4-2;;;;/h2*1,3-4H2,2H3;;;;. The van der Waals surface area contributed by atoms with Crippen LogP contribution in [-0.2, 0) is 0 Å². The van der Waals surface area contributed by atoms with Crippen LogP contribution in [-0.4, -0.2) is 45.0 Å². The van der Waals surface area contributed by atoms with Gasteiger partial charge in [-0.05, 0) is 0 Å². The molecule has 2 heteroatoms.